The van der Waals surface area contributed by atoms with E-state index in [9.17, 15) is 14.4 Å². The molecule has 0 aliphatic carbocycles. The second kappa shape index (κ2) is 6.18. The first kappa shape index (κ1) is 13.6. The van der Waals surface area contributed by atoms with Crippen LogP contribution in [0.4, 0.5) is 0 Å². The average Bonchev–Trinajstić information content (AvgIpc) is 2.09. The normalized spacial score (nSPS) is 9.73. The minimum absolute atomic E-state index is 0.0128. The molecule has 0 aromatic rings. The van der Waals surface area contributed by atoms with Gasteiger partial charge in [0.2, 0.25) is 11.9 Å². The van der Waals surface area contributed by atoms with Gasteiger partial charge in [-0.1, -0.05) is 22.5 Å². The number of carboxylic acids is 2. The molecule has 15 heavy (non-hydrogen) atoms. The molecule has 0 heterocycles. The van der Waals surface area contributed by atoms with Crippen LogP contribution in [0.1, 0.15) is 12.8 Å². The quantitative estimate of drug-likeness (QED) is 0.608. The van der Waals surface area contributed by atoms with Crippen molar-refractivity contribution in [2.24, 2.45) is 0 Å². The highest BCUT2D eigenvalue weighted by molar-refractivity contribution is 9.11. The molecular weight excluding hydrogens is 270 g/mol. The van der Waals surface area contributed by atoms with Crippen LogP contribution in [0, 0.1) is 0 Å². The van der Waals surface area contributed by atoms with Gasteiger partial charge in [0, 0.05) is 6.42 Å². The first-order chi connectivity index (χ1) is 6.84. The van der Waals surface area contributed by atoms with Gasteiger partial charge in [0.15, 0.2) is 0 Å². The van der Waals surface area contributed by atoms with Crippen molar-refractivity contribution in [2.75, 3.05) is 0 Å². The molecule has 1 amide bonds. The Balaban J connectivity index is 4.18. The molecule has 0 radical (unpaired) electrons. The van der Waals surface area contributed by atoms with Gasteiger partial charge in [-0.15, -0.1) is 0 Å². The van der Waals surface area contributed by atoms with Crippen molar-refractivity contribution in [3.63, 3.8) is 0 Å². The van der Waals surface area contributed by atoms with Gasteiger partial charge in [-0.25, -0.2) is 9.59 Å². The van der Waals surface area contributed by atoms with Gasteiger partial charge < -0.3 is 15.5 Å². The fourth-order valence-corrected chi connectivity index (χ4v) is 0.910. The Bertz CT molecular complexity index is 287. The Morgan fingerprint density at radius 2 is 1.67 bits per heavy atom. The Morgan fingerprint density at radius 3 is 2.00 bits per heavy atom. The fraction of sp³-hybridized carbons (Fsp3) is 0.375. The summed E-state index contributed by atoms with van der Waals surface area (Å²) >= 11 is 3.02. The van der Waals surface area contributed by atoms with Crippen LogP contribution in [0.3, 0.4) is 0 Å². The summed E-state index contributed by atoms with van der Waals surface area (Å²) in [5.41, 5.74) is 0. The van der Waals surface area contributed by atoms with Crippen LogP contribution < -0.4 is 5.32 Å². The molecule has 0 spiro atoms. The van der Waals surface area contributed by atoms with E-state index in [1.165, 1.54) is 0 Å². The Morgan fingerprint density at radius 1 is 1.20 bits per heavy atom. The molecule has 0 aliphatic rings. The minimum Gasteiger partial charge on any atom is -0.479 e. The highest BCUT2D eigenvalue weighted by Crippen LogP contribution is 2.08. The summed E-state index contributed by atoms with van der Waals surface area (Å²) in [6.07, 6.45) is 0.304. The third kappa shape index (κ3) is 5.84. The van der Waals surface area contributed by atoms with Crippen LogP contribution in [0.5, 0.6) is 0 Å². The number of amides is 1. The molecule has 0 saturated carbocycles. The fourth-order valence-electron chi connectivity index (χ4n) is 0.711. The van der Waals surface area contributed by atoms with E-state index >= 15 is 0 Å². The summed E-state index contributed by atoms with van der Waals surface area (Å²) in [5.74, 6) is -3.85. The maximum absolute atomic E-state index is 11.1. The van der Waals surface area contributed by atoms with Crippen LogP contribution in [-0.2, 0) is 14.4 Å². The Kier molecular flexibility index (Phi) is 5.61. The SMILES string of the molecule is C=C(Br)CCC(=O)NC(C(=O)O)C(=O)O. The van der Waals surface area contributed by atoms with Gasteiger partial charge in [-0.05, 0) is 10.9 Å². The molecule has 6 nitrogen and oxygen atoms in total. The topological polar surface area (TPSA) is 104 Å². The molecule has 0 aromatic carbocycles. The lowest BCUT2D eigenvalue weighted by molar-refractivity contribution is -0.153. The summed E-state index contributed by atoms with van der Waals surface area (Å²) in [7, 11) is 0. The van der Waals surface area contributed by atoms with E-state index in [2.05, 4.69) is 22.5 Å². The number of hydrogen-bond acceptors (Lipinski definition) is 3. The summed E-state index contributed by atoms with van der Waals surface area (Å²) in [6, 6.07) is -1.90. The smallest absolute Gasteiger partial charge is 0.338 e. The molecule has 0 rings (SSSR count). The largest absolute Gasteiger partial charge is 0.479 e. The predicted molar refractivity (Wildman–Crippen MR) is 54.5 cm³/mol. The number of halogens is 1. The van der Waals surface area contributed by atoms with Crippen molar-refractivity contribution in [2.45, 2.75) is 18.9 Å². The van der Waals surface area contributed by atoms with E-state index in [-0.39, 0.29) is 6.42 Å². The summed E-state index contributed by atoms with van der Waals surface area (Å²) in [4.78, 5) is 31.9. The van der Waals surface area contributed by atoms with Gasteiger partial charge in [-0.3, -0.25) is 4.79 Å². The molecule has 84 valence electrons. The van der Waals surface area contributed by atoms with Gasteiger partial charge in [0.25, 0.3) is 0 Å². The van der Waals surface area contributed by atoms with Crippen LogP contribution >= 0.6 is 15.9 Å². The lowest BCUT2D eigenvalue weighted by Crippen LogP contribution is -2.46. The number of carbonyl (C=O) groups is 3. The van der Waals surface area contributed by atoms with E-state index in [1.54, 1.807) is 0 Å². The molecule has 0 aromatic heterocycles. The monoisotopic (exact) mass is 279 g/mol. The average molecular weight is 280 g/mol. The van der Waals surface area contributed by atoms with Crippen molar-refractivity contribution >= 4 is 33.8 Å². The van der Waals surface area contributed by atoms with Gasteiger partial charge in [0.05, 0.1) is 0 Å². The summed E-state index contributed by atoms with van der Waals surface area (Å²) < 4.78 is 0.583. The Hall–Kier alpha value is -1.37. The third-order valence-electron chi connectivity index (χ3n) is 1.42. The molecule has 0 unspecified atom stereocenters. The lowest BCUT2D eigenvalue weighted by atomic mass is 10.2. The number of nitrogens with one attached hydrogen (secondary N) is 1. The molecule has 7 heteroatoms. The van der Waals surface area contributed by atoms with Crippen molar-refractivity contribution in [1.29, 1.82) is 0 Å². The molecule has 3 N–H and O–H groups in total. The zero-order chi connectivity index (χ0) is 12.0. The van der Waals surface area contributed by atoms with E-state index in [0.717, 1.165) is 0 Å². The van der Waals surface area contributed by atoms with Crippen LogP contribution in [0.2, 0.25) is 0 Å². The number of aliphatic carboxylic acids is 2. The molecule has 0 bridgehead atoms. The molecular formula is C8H10BrNO5. The summed E-state index contributed by atoms with van der Waals surface area (Å²) in [6.45, 7) is 3.48. The van der Waals surface area contributed by atoms with Crippen LogP contribution in [0.15, 0.2) is 11.1 Å². The zero-order valence-corrected chi connectivity index (χ0v) is 9.28. The molecule has 0 aliphatic heterocycles. The highest BCUT2D eigenvalue weighted by atomic mass is 79.9. The minimum atomic E-state index is -1.90. The van der Waals surface area contributed by atoms with Crippen LogP contribution in [-0.4, -0.2) is 34.1 Å². The highest BCUT2D eigenvalue weighted by Gasteiger charge is 2.27. The zero-order valence-electron chi connectivity index (χ0n) is 7.70. The van der Waals surface area contributed by atoms with Crippen molar-refractivity contribution in [3.05, 3.63) is 11.1 Å². The molecule has 0 atom stereocenters. The van der Waals surface area contributed by atoms with Gasteiger partial charge in [0.1, 0.15) is 0 Å². The maximum Gasteiger partial charge on any atom is 0.338 e. The second-order valence-corrected chi connectivity index (χ2v) is 3.82. The maximum atomic E-state index is 11.1. The summed E-state index contributed by atoms with van der Waals surface area (Å²) in [5, 5.41) is 18.8. The number of rotatable bonds is 6. The molecule has 0 fully saturated rings. The molecule has 0 saturated heterocycles. The van der Waals surface area contributed by atoms with E-state index in [4.69, 9.17) is 10.2 Å². The number of carbonyl (C=O) groups excluding carboxylic acids is 1. The lowest BCUT2D eigenvalue weighted by Gasteiger charge is -2.09. The van der Waals surface area contributed by atoms with Gasteiger partial charge >= 0.3 is 11.9 Å². The first-order valence-corrected chi connectivity index (χ1v) is 4.72. The van der Waals surface area contributed by atoms with Crippen LogP contribution in [0.25, 0.3) is 0 Å². The number of carboxylic acid groups (broad SMARTS) is 2. The predicted octanol–water partition coefficient (Wildman–Crippen LogP) is 0.329. The first-order valence-electron chi connectivity index (χ1n) is 3.93. The van der Waals surface area contributed by atoms with E-state index in [1.807, 2.05) is 5.32 Å². The Labute approximate surface area is 94.1 Å². The number of hydrogen-bond donors (Lipinski definition) is 3. The second-order valence-electron chi connectivity index (χ2n) is 2.69. The number of allylic oxidation sites excluding steroid dienone is 1. The third-order valence-corrected chi connectivity index (χ3v) is 1.82. The van der Waals surface area contributed by atoms with Crippen molar-refractivity contribution < 1.29 is 24.6 Å². The van der Waals surface area contributed by atoms with Crippen molar-refractivity contribution in [3.8, 4) is 0 Å². The van der Waals surface area contributed by atoms with E-state index in [0.29, 0.717) is 10.9 Å². The standard InChI is InChI=1S/C8H10BrNO5/c1-4(9)2-3-5(11)10-6(7(12)13)8(14)15/h6H,1-3H2,(H,10,11)(H,12,13)(H,14,15). The van der Waals surface area contributed by atoms with Gasteiger partial charge in [-0.2, -0.15) is 0 Å². The van der Waals surface area contributed by atoms with Crippen molar-refractivity contribution in [1.82, 2.24) is 5.32 Å². The van der Waals surface area contributed by atoms with E-state index < -0.39 is 23.9 Å².